The summed E-state index contributed by atoms with van der Waals surface area (Å²) in [5.41, 5.74) is 0.548. The molecule has 1 aliphatic heterocycles. The van der Waals surface area contributed by atoms with Crippen molar-refractivity contribution in [2.24, 2.45) is 0 Å². The average Bonchev–Trinajstić information content (AvgIpc) is 3.26. The molecule has 1 aromatic carbocycles. The van der Waals surface area contributed by atoms with Crippen molar-refractivity contribution in [1.29, 1.82) is 0 Å². The lowest BCUT2D eigenvalue weighted by atomic mass is 10.1. The SMILES string of the molecule is O=C(NC[C@H]1CCCO1)c1ccccc1NS(=O)(=O)c1cccs1. The van der Waals surface area contributed by atoms with Gasteiger partial charge in [-0.3, -0.25) is 9.52 Å². The van der Waals surface area contributed by atoms with Gasteiger partial charge in [0.2, 0.25) is 0 Å². The predicted molar refractivity (Wildman–Crippen MR) is 92.9 cm³/mol. The number of para-hydroxylation sites is 1. The molecule has 0 bridgehead atoms. The van der Waals surface area contributed by atoms with Crippen molar-refractivity contribution in [2.75, 3.05) is 17.9 Å². The lowest BCUT2D eigenvalue weighted by Crippen LogP contribution is -2.32. The Balaban J connectivity index is 1.74. The minimum absolute atomic E-state index is 0.0314. The minimum Gasteiger partial charge on any atom is -0.376 e. The number of carbonyl (C=O) groups excluding carboxylic acids is 1. The van der Waals surface area contributed by atoms with Crippen LogP contribution in [-0.4, -0.2) is 33.6 Å². The molecule has 2 heterocycles. The van der Waals surface area contributed by atoms with E-state index in [2.05, 4.69) is 10.0 Å². The number of rotatable bonds is 6. The molecule has 1 aliphatic rings. The third-order valence-corrected chi connectivity index (χ3v) is 6.45. The monoisotopic (exact) mass is 366 g/mol. The molecular formula is C16H18N2O4S2. The summed E-state index contributed by atoms with van der Waals surface area (Å²) in [5, 5.41) is 4.49. The Morgan fingerprint density at radius 1 is 1.25 bits per heavy atom. The fraction of sp³-hybridized carbons (Fsp3) is 0.312. The molecule has 0 aliphatic carbocycles. The standard InChI is InChI=1S/C16H18N2O4S2/c19-16(17-11-12-5-3-9-22-12)13-6-1-2-7-14(13)18-24(20,21)15-8-4-10-23-15/h1-2,4,6-8,10,12,18H,3,5,9,11H2,(H,17,19)/t12-/m1/s1. The molecule has 24 heavy (non-hydrogen) atoms. The molecule has 3 rings (SSSR count). The fourth-order valence-electron chi connectivity index (χ4n) is 2.49. The molecule has 2 aromatic rings. The number of sulfonamides is 1. The number of amides is 1. The first-order valence-corrected chi connectivity index (χ1v) is 9.98. The van der Waals surface area contributed by atoms with Gasteiger partial charge in [-0.05, 0) is 36.4 Å². The van der Waals surface area contributed by atoms with Crippen LogP contribution in [0.5, 0.6) is 0 Å². The Kier molecular flexibility index (Phi) is 5.17. The summed E-state index contributed by atoms with van der Waals surface area (Å²) in [6.45, 7) is 1.14. The highest BCUT2D eigenvalue weighted by Gasteiger charge is 2.21. The largest absolute Gasteiger partial charge is 0.376 e. The molecule has 8 heteroatoms. The van der Waals surface area contributed by atoms with Crippen LogP contribution < -0.4 is 10.0 Å². The van der Waals surface area contributed by atoms with Crippen molar-refractivity contribution in [3.63, 3.8) is 0 Å². The van der Waals surface area contributed by atoms with Crippen LogP contribution in [-0.2, 0) is 14.8 Å². The van der Waals surface area contributed by atoms with E-state index in [0.29, 0.717) is 6.54 Å². The summed E-state index contributed by atoms with van der Waals surface area (Å²) in [5.74, 6) is -0.324. The lowest BCUT2D eigenvalue weighted by Gasteiger charge is -2.14. The number of carbonyl (C=O) groups is 1. The molecule has 1 aromatic heterocycles. The first-order valence-electron chi connectivity index (χ1n) is 7.61. The highest BCUT2D eigenvalue weighted by atomic mass is 32.2. The third kappa shape index (κ3) is 3.95. The smallest absolute Gasteiger partial charge is 0.271 e. The van der Waals surface area contributed by atoms with E-state index < -0.39 is 10.0 Å². The second-order valence-electron chi connectivity index (χ2n) is 5.43. The van der Waals surface area contributed by atoms with Gasteiger partial charge in [0, 0.05) is 13.2 Å². The van der Waals surface area contributed by atoms with Crippen LogP contribution in [0.3, 0.4) is 0 Å². The van der Waals surface area contributed by atoms with Gasteiger partial charge >= 0.3 is 0 Å². The number of anilines is 1. The molecule has 0 saturated carbocycles. The van der Waals surface area contributed by atoms with Crippen LogP contribution in [0.15, 0.2) is 46.0 Å². The topological polar surface area (TPSA) is 84.5 Å². The van der Waals surface area contributed by atoms with Gasteiger partial charge in [-0.15, -0.1) is 11.3 Å². The van der Waals surface area contributed by atoms with E-state index in [9.17, 15) is 13.2 Å². The Morgan fingerprint density at radius 3 is 2.79 bits per heavy atom. The summed E-state index contributed by atoms with van der Waals surface area (Å²) in [4.78, 5) is 12.4. The summed E-state index contributed by atoms with van der Waals surface area (Å²) < 4.78 is 32.9. The highest BCUT2D eigenvalue weighted by molar-refractivity contribution is 7.94. The predicted octanol–water partition coefficient (Wildman–Crippen LogP) is 2.46. The van der Waals surface area contributed by atoms with Gasteiger partial charge in [-0.2, -0.15) is 0 Å². The van der Waals surface area contributed by atoms with Gasteiger partial charge in [0.05, 0.1) is 17.4 Å². The summed E-state index contributed by atoms with van der Waals surface area (Å²) >= 11 is 1.12. The van der Waals surface area contributed by atoms with E-state index in [-0.39, 0.29) is 27.5 Å². The van der Waals surface area contributed by atoms with Crippen molar-refractivity contribution >= 4 is 33.0 Å². The third-order valence-electron chi connectivity index (χ3n) is 3.69. The highest BCUT2D eigenvalue weighted by Crippen LogP contribution is 2.23. The summed E-state index contributed by atoms with van der Waals surface area (Å²) in [6, 6.07) is 9.74. The molecular weight excluding hydrogens is 348 g/mol. The van der Waals surface area contributed by atoms with Crippen molar-refractivity contribution in [1.82, 2.24) is 5.32 Å². The van der Waals surface area contributed by atoms with Crippen LogP contribution in [0.2, 0.25) is 0 Å². The minimum atomic E-state index is -3.69. The molecule has 2 N–H and O–H groups in total. The number of hydrogen-bond donors (Lipinski definition) is 2. The van der Waals surface area contributed by atoms with E-state index in [0.717, 1.165) is 30.8 Å². The summed E-state index contributed by atoms with van der Waals surface area (Å²) in [7, 11) is -3.69. The lowest BCUT2D eigenvalue weighted by molar-refractivity contribution is 0.0858. The van der Waals surface area contributed by atoms with Crippen LogP contribution in [0, 0.1) is 0 Å². The number of nitrogens with one attached hydrogen (secondary N) is 2. The van der Waals surface area contributed by atoms with Gasteiger partial charge in [-0.1, -0.05) is 18.2 Å². The fourth-order valence-corrected chi connectivity index (χ4v) is 4.56. The zero-order valence-electron chi connectivity index (χ0n) is 12.9. The first kappa shape index (κ1) is 16.9. The maximum atomic E-state index is 12.4. The van der Waals surface area contributed by atoms with Crippen LogP contribution in [0.4, 0.5) is 5.69 Å². The maximum absolute atomic E-state index is 12.4. The normalized spacial score (nSPS) is 17.6. The van der Waals surface area contributed by atoms with E-state index >= 15 is 0 Å². The Bertz CT molecular complexity index is 797. The van der Waals surface area contributed by atoms with E-state index in [4.69, 9.17) is 4.74 Å². The van der Waals surface area contributed by atoms with E-state index in [1.165, 1.54) is 6.07 Å². The van der Waals surface area contributed by atoms with E-state index in [1.807, 2.05) is 0 Å². The molecule has 1 fully saturated rings. The van der Waals surface area contributed by atoms with Crippen LogP contribution >= 0.6 is 11.3 Å². The summed E-state index contributed by atoms with van der Waals surface area (Å²) in [6.07, 6.45) is 1.95. The number of thiophene rings is 1. The second-order valence-corrected chi connectivity index (χ2v) is 8.29. The van der Waals surface area contributed by atoms with Crippen LogP contribution in [0.1, 0.15) is 23.2 Å². The molecule has 1 atom stereocenters. The van der Waals surface area contributed by atoms with Crippen molar-refractivity contribution in [2.45, 2.75) is 23.2 Å². The van der Waals surface area contributed by atoms with Gasteiger partial charge in [0.15, 0.2) is 0 Å². The van der Waals surface area contributed by atoms with Crippen molar-refractivity contribution < 1.29 is 17.9 Å². The molecule has 128 valence electrons. The van der Waals surface area contributed by atoms with Crippen LogP contribution in [0.25, 0.3) is 0 Å². The van der Waals surface area contributed by atoms with Gasteiger partial charge in [0.1, 0.15) is 4.21 Å². The van der Waals surface area contributed by atoms with Gasteiger partial charge < -0.3 is 10.1 Å². The Morgan fingerprint density at radius 2 is 2.08 bits per heavy atom. The van der Waals surface area contributed by atoms with Gasteiger partial charge in [0.25, 0.3) is 15.9 Å². The van der Waals surface area contributed by atoms with Crippen molar-refractivity contribution in [3.05, 3.63) is 47.3 Å². The molecule has 0 unspecified atom stereocenters. The molecule has 1 amide bonds. The molecule has 0 radical (unpaired) electrons. The second kappa shape index (κ2) is 7.33. The average molecular weight is 366 g/mol. The quantitative estimate of drug-likeness (QED) is 0.822. The number of benzene rings is 1. The Hall–Kier alpha value is -1.90. The Labute approximate surface area is 144 Å². The maximum Gasteiger partial charge on any atom is 0.271 e. The molecule has 1 saturated heterocycles. The molecule has 0 spiro atoms. The van der Waals surface area contributed by atoms with E-state index in [1.54, 1.807) is 35.7 Å². The zero-order valence-corrected chi connectivity index (χ0v) is 14.5. The number of hydrogen-bond acceptors (Lipinski definition) is 5. The van der Waals surface area contributed by atoms with Crippen molar-refractivity contribution in [3.8, 4) is 0 Å². The first-order chi connectivity index (χ1) is 11.6. The van der Waals surface area contributed by atoms with Gasteiger partial charge in [-0.25, -0.2) is 8.42 Å². The number of ether oxygens (including phenoxy) is 1. The zero-order chi connectivity index (χ0) is 17.0. The molecule has 6 nitrogen and oxygen atoms in total.